The number of rotatable bonds is 3. The number of ether oxygens (including phenoxy) is 1. The van der Waals surface area contributed by atoms with E-state index >= 15 is 0 Å². The number of halogens is 1. The molecule has 3 rings (SSSR count). The number of fused-ring (bicyclic) bond motifs is 1. The van der Waals surface area contributed by atoms with Crippen molar-refractivity contribution in [2.45, 2.75) is 5.88 Å². The first-order valence-corrected chi connectivity index (χ1v) is 6.40. The zero-order valence-corrected chi connectivity index (χ0v) is 11.1. The minimum absolute atomic E-state index is 0.327. The van der Waals surface area contributed by atoms with Crippen molar-refractivity contribution in [2.75, 3.05) is 7.11 Å². The summed E-state index contributed by atoms with van der Waals surface area (Å²) >= 11 is 5.98. The fourth-order valence-electron chi connectivity index (χ4n) is 2.04. The molecule has 0 spiro atoms. The van der Waals surface area contributed by atoms with Gasteiger partial charge < -0.3 is 4.74 Å². The van der Waals surface area contributed by atoms with Crippen LogP contribution in [-0.4, -0.2) is 21.6 Å². The highest BCUT2D eigenvalue weighted by Crippen LogP contribution is 2.23. The van der Waals surface area contributed by atoms with E-state index < -0.39 is 0 Å². The van der Waals surface area contributed by atoms with E-state index in [1.54, 1.807) is 13.2 Å². The van der Waals surface area contributed by atoms with Crippen molar-refractivity contribution in [2.24, 2.45) is 0 Å². The van der Waals surface area contributed by atoms with Crippen LogP contribution in [0.5, 0.6) is 5.88 Å². The summed E-state index contributed by atoms with van der Waals surface area (Å²) < 4.78 is 7.12. The first-order chi connectivity index (χ1) is 9.33. The molecule has 4 nitrogen and oxygen atoms in total. The van der Waals surface area contributed by atoms with Gasteiger partial charge in [0, 0.05) is 11.8 Å². The molecule has 5 heteroatoms. The Morgan fingerprint density at radius 1 is 1.11 bits per heavy atom. The second kappa shape index (κ2) is 4.90. The third-order valence-corrected chi connectivity index (χ3v) is 3.13. The predicted molar refractivity (Wildman–Crippen MR) is 75.0 cm³/mol. The molecule has 1 aromatic carbocycles. The Labute approximate surface area is 115 Å². The molecule has 0 unspecified atom stereocenters. The molecule has 19 heavy (non-hydrogen) atoms. The molecule has 0 radical (unpaired) electrons. The van der Waals surface area contributed by atoms with Crippen molar-refractivity contribution in [1.29, 1.82) is 0 Å². The number of nitrogens with zero attached hydrogens (tertiary/aromatic N) is 3. The summed E-state index contributed by atoms with van der Waals surface area (Å²) in [6.07, 6.45) is 0. The van der Waals surface area contributed by atoms with Gasteiger partial charge in [0.2, 0.25) is 5.88 Å². The minimum Gasteiger partial charge on any atom is -0.481 e. The van der Waals surface area contributed by atoms with Crippen LogP contribution in [0, 0.1) is 0 Å². The summed E-state index contributed by atoms with van der Waals surface area (Å²) in [5, 5.41) is 0. The molecule has 2 aromatic heterocycles. The number of para-hydroxylation sites is 1. The molecule has 0 saturated carbocycles. The van der Waals surface area contributed by atoms with Crippen LogP contribution >= 0.6 is 11.6 Å². The lowest BCUT2D eigenvalue weighted by molar-refractivity contribution is 0.399. The molecule has 0 aliphatic carbocycles. The molecule has 0 atom stereocenters. The molecule has 0 saturated heterocycles. The lowest BCUT2D eigenvalue weighted by Gasteiger charge is -2.07. The average Bonchev–Trinajstić information content (AvgIpc) is 2.85. The van der Waals surface area contributed by atoms with Gasteiger partial charge in [0.05, 0.1) is 13.0 Å². The van der Waals surface area contributed by atoms with Gasteiger partial charge in [0.1, 0.15) is 11.3 Å². The van der Waals surface area contributed by atoms with E-state index in [1.807, 2.05) is 41.0 Å². The van der Waals surface area contributed by atoms with Crippen molar-refractivity contribution in [3.63, 3.8) is 0 Å². The Balaban J connectivity index is 2.31. The second-order valence-corrected chi connectivity index (χ2v) is 4.30. The van der Waals surface area contributed by atoms with Crippen LogP contribution in [0.25, 0.3) is 16.9 Å². The van der Waals surface area contributed by atoms with Crippen molar-refractivity contribution >= 4 is 22.8 Å². The third-order valence-electron chi connectivity index (χ3n) is 2.89. The topological polar surface area (TPSA) is 39.9 Å². The maximum atomic E-state index is 5.98. The molecule has 0 amide bonds. The molecule has 0 aliphatic rings. The SMILES string of the molecule is COc1ccc2nc(CCl)n(-c3ccccc3)c2n1. The van der Waals surface area contributed by atoms with E-state index in [2.05, 4.69) is 9.97 Å². The number of benzene rings is 1. The summed E-state index contributed by atoms with van der Waals surface area (Å²) in [6, 6.07) is 13.6. The van der Waals surface area contributed by atoms with E-state index in [0.29, 0.717) is 11.8 Å². The number of methoxy groups -OCH3 is 1. The molecule has 0 bridgehead atoms. The van der Waals surface area contributed by atoms with Crippen molar-refractivity contribution in [3.05, 3.63) is 48.3 Å². The first-order valence-electron chi connectivity index (χ1n) is 5.87. The van der Waals surface area contributed by atoms with Crippen LogP contribution in [0.3, 0.4) is 0 Å². The Morgan fingerprint density at radius 3 is 2.58 bits per heavy atom. The van der Waals surface area contributed by atoms with E-state index in [-0.39, 0.29) is 0 Å². The Kier molecular flexibility index (Phi) is 3.09. The molecule has 0 N–H and O–H groups in total. The maximum absolute atomic E-state index is 5.98. The molecule has 96 valence electrons. The summed E-state index contributed by atoms with van der Waals surface area (Å²) in [5.41, 5.74) is 2.54. The van der Waals surface area contributed by atoms with Crippen molar-refractivity contribution in [3.8, 4) is 11.6 Å². The Morgan fingerprint density at radius 2 is 1.89 bits per heavy atom. The van der Waals surface area contributed by atoms with Crippen LogP contribution in [0.2, 0.25) is 0 Å². The monoisotopic (exact) mass is 273 g/mol. The highest BCUT2D eigenvalue weighted by atomic mass is 35.5. The molecule has 3 aromatic rings. The quantitative estimate of drug-likeness (QED) is 0.688. The standard InChI is InChI=1S/C14H12ClN3O/c1-19-13-8-7-11-14(17-13)18(12(9-15)16-11)10-5-3-2-4-6-10/h2-8H,9H2,1H3. The minimum atomic E-state index is 0.327. The summed E-state index contributed by atoms with van der Waals surface area (Å²) in [5.74, 6) is 1.66. The van der Waals surface area contributed by atoms with Gasteiger partial charge in [-0.2, -0.15) is 4.98 Å². The number of hydrogen-bond acceptors (Lipinski definition) is 3. The van der Waals surface area contributed by atoms with Gasteiger partial charge in [-0.3, -0.25) is 4.57 Å². The number of aromatic nitrogens is 3. The van der Waals surface area contributed by atoms with Crippen LogP contribution in [0.1, 0.15) is 5.82 Å². The molecular weight excluding hydrogens is 262 g/mol. The van der Waals surface area contributed by atoms with Gasteiger partial charge in [-0.15, -0.1) is 11.6 Å². The number of hydrogen-bond donors (Lipinski definition) is 0. The third kappa shape index (κ3) is 2.04. The van der Waals surface area contributed by atoms with E-state index in [1.165, 1.54) is 0 Å². The van der Waals surface area contributed by atoms with Gasteiger partial charge in [-0.25, -0.2) is 4.98 Å². The summed E-state index contributed by atoms with van der Waals surface area (Å²) in [6.45, 7) is 0. The molecular formula is C14H12ClN3O. The predicted octanol–water partition coefficient (Wildman–Crippen LogP) is 3.17. The van der Waals surface area contributed by atoms with E-state index in [0.717, 1.165) is 22.7 Å². The fourth-order valence-corrected chi connectivity index (χ4v) is 2.22. The Bertz CT molecular complexity index is 709. The highest BCUT2D eigenvalue weighted by Gasteiger charge is 2.13. The van der Waals surface area contributed by atoms with E-state index in [4.69, 9.17) is 16.3 Å². The van der Waals surface area contributed by atoms with Crippen LogP contribution < -0.4 is 4.74 Å². The van der Waals surface area contributed by atoms with Gasteiger partial charge in [0.25, 0.3) is 0 Å². The van der Waals surface area contributed by atoms with Crippen LogP contribution in [-0.2, 0) is 5.88 Å². The largest absolute Gasteiger partial charge is 0.481 e. The molecule has 0 aliphatic heterocycles. The van der Waals surface area contributed by atoms with Gasteiger partial charge in [0.15, 0.2) is 5.65 Å². The average molecular weight is 274 g/mol. The van der Waals surface area contributed by atoms with Gasteiger partial charge >= 0.3 is 0 Å². The summed E-state index contributed by atoms with van der Waals surface area (Å²) in [7, 11) is 1.60. The van der Waals surface area contributed by atoms with Crippen LogP contribution in [0.15, 0.2) is 42.5 Å². The molecule has 0 fully saturated rings. The summed E-state index contributed by atoms with van der Waals surface area (Å²) in [4.78, 5) is 8.95. The van der Waals surface area contributed by atoms with Gasteiger partial charge in [-0.05, 0) is 18.2 Å². The van der Waals surface area contributed by atoms with Gasteiger partial charge in [-0.1, -0.05) is 18.2 Å². The normalized spacial score (nSPS) is 10.8. The first kappa shape index (κ1) is 12.0. The van der Waals surface area contributed by atoms with E-state index in [9.17, 15) is 0 Å². The Hall–Kier alpha value is -2.07. The maximum Gasteiger partial charge on any atom is 0.215 e. The second-order valence-electron chi connectivity index (χ2n) is 4.03. The lowest BCUT2D eigenvalue weighted by atomic mass is 10.3. The zero-order valence-electron chi connectivity index (χ0n) is 10.4. The van der Waals surface area contributed by atoms with Crippen molar-refractivity contribution in [1.82, 2.24) is 14.5 Å². The highest BCUT2D eigenvalue weighted by molar-refractivity contribution is 6.16. The number of imidazole rings is 1. The number of alkyl halides is 1. The lowest BCUT2D eigenvalue weighted by Crippen LogP contribution is -2.00. The van der Waals surface area contributed by atoms with Crippen molar-refractivity contribution < 1.29 is 4.74 Å². The molecule has 2 heterocycles. The fraction of sp³-hybridized carbons (Fsp3) is 0.143. The smallest absolute Gasteiger partial charge is 0.215 e. The zero-order chi connectivity index (χ0) is 13.2. The number of pyridine rings is 1. The van der Waals surface area contributed by atoms with Crippen LogP contribution in [0.4, 0.5) is 0 Å².